The van der Waals surface area contributed by atoms with Crippen LogP contribution in [0.4, 0.5) is 14.6 Å². The van der Waals surface area contributed by atoms with Crippen molar-refractivity contribution in [1.29, 1.82) is 0 Å². The van der Waals surface area contributed by atoms with Gasteiger partial charge in [-0.05, 0) is 110 Å². The van der Waals surface area contributed by atoms with Crippen LogP contribution in [-0.2, 0) is 24.0 Å². The van der Waals surface area contributed by atoms with Crippen molar-refractivity contribution < 1.29 is 23.1 Å². The van der Waals surface area contributed by atoms with E-state index in [-0.39, 0.29) is 37.0 Å². The molecule has 2 N–H and O–H groups in total. The molecule has 0 unspecified atom stereocenters. The molecule has 6 aromatic rings. The monoisotopic (exact) mass is 691 g/mol. The first kappa shape index (κ1) is 39.1. The SMILES string of the molecule is C.COC(=O)c1ccc(Cc2cccc(F)c2)cn1.Cc1ccc(CC(=O)c2ccc(Cc3cccc(F)c3)cn2)nn1.Cc1ccc(N)nn1. The van der Waals surface area contributed by atoms with Gasteiger partial charge in [-0.15, -0.1) is 5.10 Å². The van der Waals surface area contributed by atoms with E-state index >= 15 is 0 Å². The number of anilines is 1. The number of rotatable bonds is 8. The molecule has 0 aliphatic rings. The standard InChI is InChI=1S/C19H16FN3O.C14H12FNO2.C5H7N3.CH4/c1-13-5-7-17(23-22-13)11-19(24)18-8-6-15(12-21-18)9-14-3-2-4-16(20)10-14;1-18-14(17)13-6-5-11(9-16-13)7-10-3-2-4-12(15)8-10;1-4-2-3-5(6)8-7-4;/h2-8,10,12H,9,11H2,1H3;2-6,8-9H,7H2,1H3;2-3H,1H3,(H2,6,8);1H4. The number of nitrogen functional groups attached to an aromatic ring is 1. The van der Waals surface area contributed by atoms with Crippen LogP contribution in [0, 0.1) is 25.5 Å². The summed E-state index contributed by atoms with van der Waals surface area (Å²) in [7, 11) is 1.31. The Labute approximate surface area is 295 Å². The van der Waals surface area contributed by atoms with Gasteiger partial charge in [0, 0.05) is 12.4 Å². The molecule has 0 amide bonds. The lowest BCUT2D eigenvalue weighted by Gasteiger charge is -2.04. The molecule has 4 heterocycles. The van der Waals surface area contributed by atoms with E-state index in [1.165, 1.54) is 31.4 Å². The Kier molecular flexibility index (Phi) is 15.1. The summed E-state index contributed by atoms with van der Waals surface area (Å²) in [5.41, 5.74) is 11.8. The zero-order valence-electron chi connectivity index (χ0n) is 27.8. The lowest BCUT2D eigenvalue weighted by molar-refractivity contribution is 0.0594. The van der Waals surface area contributed by atoms with E-state index in [0.717, 1.165) is 33.6 Å². The van der Waals surface area contributed by atoms with Gasteiger partial charge >= 0.3 is 5.97 Å². The highest BCUT2D eigenvalue weighted by molar-refractivity contribution is 5.95. The van der Waals surface area contributed by atoms with Crippen molar-refractivity contribution in [2.45, 2.75) is 40.5 Å². The van der Waals surface area contributed by atoms with E-state index in [1.807, 2.05) is 44.2 Å². The highest BCUT2D eigenvalue weighted by Gasteiger charge is 2.11. The highest BCUT2D eigenvalue weighted by Crippen LogP contribution is 2.13. The van der Waals surface area contributed by atoms with Crippen LogP contribution in [-0.4, -0.2) is 49.2 Å². The first-order chi connectivity index (χ1) is 24.1. The largest absolute Gasteiger partial charge is 0.464 e. The van der Waals surface area contributed by atoms with Crippen LogP contribution < -0.4 is 5.73 Å². The van der Waals surface area contributed by atoms with E-state index in [1.54, 1.807) is 54.9 Å². The van der Waals surface area contributed by atoms with Crippen molar-refractivity contribution in [2.24, 2.45) is 0 Å². The minimum absolute atomic E-state index is 0. The van der Waals surface area contributed by atoms with Gasteiger partial charge in [-0.25, -0.2) is 18.6 Å². The normalized spacial score (nSPS) is 9.98. The third kappa shape index (κ3) is 13.3. The Bertz CT molecular complexity index is 1970. The Hall–Kier alpha value is -6.30. The van der Waals surface area contributed by atoms with Crippen LogP contribution in [0.3, 0.4) is 0 Å². The molecule has 12 heteroatoms. The number of benzene rings is 2. The van der Waals surface area contributed by atoms with Gasteiger partial charge in [0.1, 0.15) is 28.8 Å². The molecule has 51 heavy (non-hydrogen) atoms. The lowest BCUT2D eigenvalue weighted by Crippen LogP contribution is -2.08. The number of nitrogens with two attached hydrogens (primary N) is 1. The minimum Gasteiger partial charge on any atom is -0.464 e. The molecule has 4 aromatic heterocycles. The molecule has 262 valence electrons. The molecule has 0 saturated heterocycles. The van der Waals surface area contributed by atoms with Crippen molar-refractivity contribution in [3.63, 3.8) is 0 Å². The predicted octanol–water partition coefficient (Wildman–Crippen LogP) is 6.94. The van der Waals surface area contributed by atoms with Gasteiger partial charge in [0.25, 0.3) is 0 Å². The maximum absolute atomic E-state index is 13.2. The molecule has 10 nitrogen and oxygen atoms in total. The number of methoxy groups -OCH3 is 1. The summed E-state index contributed by atoms with van der Waals surface area (Å²) >= 11 is 0. The summed E-state index contributed by atoms with van der Waals surface area (Å²) in [5.74, 6) is -0.619. The van der Waals surface area contributed by atoms with E-state index in [2.05, 4.69) is 35.1 Å². The zero-order valence-corrected chi connectivity index (χ0v) is 27.8. The Morgan fingerprint density at radius 3 is 1.59 bits per heavy atom. The number of carbonyl (C=O) groups excluding carboxylic acids is 2. The molecule has 0 spiro atoms. The number of hydrogen-bond donors (Lipinski definition) is 1. The Balaban J connectivity index is 0.000000229. The van der Waals surface area contributed by atoms with Gasteiger partial charge < -0.3 is 10.5 Å². The second kappa shape index (κ2) is 19.6. The first-order valence-electron chi connectivity index (χ1n) is 15.4. The second-order valence-corrected chi connectivity index (χ2v) is 11.1. The van der Waals surface area contributed by atoms with E-state index in [0.29, 0.717) is 30.0 Å². The maximum Gasteiger partial charge on any atom is 0.356 e. The Morgan fingerprint density at radius 1 is 0.647 bits per heavy atom. The molecular formula is C39H39F2N7O3. The third-order valence-corrected chi connectivity index (χ3v) is 6.94. The van der Waals surface area contributed by atoms with Crippen molar-refractivity contribution in [2.75, 3.05) is 12.8 Å². The summed E-state index contributed by atoms with van der Waals surface area (Å²) in [6, 6.07) is 26.9. The van der Waals surface area contributed by atoms with Crippen molar-refractivity contribution >= 4 is 17.6 Å². The van der Waals surface area contributed by atoms with Gasteiger partial charge in [0.15, 0.2) is 5.78 Å². The topological polar surface area (TPSA) is 147 Å². The summed E-state index contributed by atoms with van der Waals surface area (Å²) < 4.78 is 30.8. The number of hydrogen-bond acceptors (Lipinski definition) is 10. The van der Waals surface area contributed by atoms with Crippen LogP contribution in [0.2, 0.25) is 0 Å². The second-order valence-electron chi connectivity index (χ2n) is 11.1. The minimum atomic E-state index is -0.465. The van der Waals surface area contributed by atoms with Gasteiger partial charge in [0.2, 0.25) is 0 Å². The molecule has 6 rings (SSSR count). The Morgan fingerprint density at radius 2 is 1.18 bits per heavy atom. The van der Waals surface area contributed by atoms with Crippen LogP contribution in [0.1, 0.15) is 67.7 Å². The molecule has 0 aliphatic carbocycles. The summed E-state index contributed by atoms with van der Waals surface area (Å²) in [4.78, 5) is 31.6. The molecular weight excluding hydrogens is 652 g/mol. The van der Waals surface area contributed by atoms with Gasteiger partial charge in [0.05, 0.1) is 30.6 Å². The first-order valence-corrected chi connectivity index (χ1v) is 15.4. The zero-order chi connectivity index (χ0) is 35.9. The molecule has 0 atom stereocenters. The number of aromatic nitrogens is 6. The van der Waals surface area contributed by atoms with Gasteiger partial charge in [-0.3, -0.25) is 9.78 Å². The van der Waals surface area contributed by atoms with Gasteiger partial charge in [-0.1, -0.05) is 43.8 Å². The molecule has 0 radical (unpaired) electrons. The fourth-order valence-electron chi connectivity index (χ4n) is 4.40. The summed E-state index contributed by atoms with van der Waals surface area (Å²) in [6.07, 6.45) is 4.56. The number of pyridine rings is 2. The van der Waals surface area contributed by atoms with Crippen LogP contribution in [0.25, 0.3) is 0 Å². The molecule has 0 aliphatic heterocycles. The maximum atomic E-state index is 13.2. The highest BCUT2D eigenvalue weighted by atomic mass is 19.1. The van der Waals surface area contributed by atoms with Crippen LogP contribution in [0.15, 0.2) is 109 Å². The number of halogens is 2. The summed E-state index contributed by atoms with van der Waals surface area (Å²) in [5, 5.41) is 15.2. The van der Waals surface area contributed by atoms with Crippen molar-refractivity contribution in [1.82, 2.24) is 30.4 Å². The quantitative estimate of drug-likeness (QED) is 0.132. The lowest BCUT2D eigenvalue weighted by atomic mass is 10.1. The van der Waals surface area contributed by atoms with Crippen molar-refractivity contribution in [3.8, 4) is 0 Å². The fourth-order valence-corrected chi connectivity index (χ4v) is 4.40. The van der Waals surface area contributed by atoms with E-state index in [4.69, 9.17) is 5.73 Å². The van der Waals surface area contributed by atoms with E-state index < -0.39 is 5.97 Å². The number of ketones is 1. The van der Waals surface area contributed by atoms with Crippen molar-refractivity contribution in [3.05, 3.63) is 172 Å². The number of nitrogens with zero attached hydrogens (tertiary/aromatic N) is 6. The van der Waals surface area contributed by atoms with Gasteiger partial charge in [-0.2, -0.15) is 15.3 Å². The predicted molar refractivity (Wildman–Crippen MR) is 191 cm³/mol. The molecule has 0 fully saturated rings. The number of Topliss-reactive ketones (excluding diaryl/α,β-unsaturated/α-hetero) is 1. The van der Waals surface area contributed by atoms with Crippen LogP contribution >= 0.6 is 0 Å². The molecule has 0 saturated carbocycles. The van der Waals surface area contributed by atoms with Crippen LogP contribution in [0.5, 0.6) is 0 Å². The summed E-state index contributed by atoms with van der Waals surface area (Å²) in [6.45, 7) is 3.71. The smallest absolute Gasteiger partial charge is 0.356 e. The molecule has 2 aromatic carbocycles. The average Bonchev–Trinajstić information content (AvgIpc) is 3.11. The number of carbonyl (C=O) groups is 2. The fraction of sp³-hybridized carbons (Fsp3) is 0.179. The number of aryl methyl sites for hydroxylation is 2. The van der Waals surface area contributed by atoms with E-state index in [9.17, 15) is 18.4 Å². The molecule has 0 bridgehead atoms. The number of ether oxygens (including phenoxy) is 1. The third-order valence-electron chi connectivity index (χ3n) is 6.94. The number of esters is 1. The average molecular weight is 692 g/mol.